The van der Waals surface area contributed by atoms with Crippen LogP contribution < -0.4 is 9.47 Å². The third-order valence-electron chi connectivity index (χ3n) is 5.52. The molecular weight excluding hydrogens is 497 g/mol. The fraction of sp³-hybridized carbons (Fsp3) is 0.292. The average Bonchev–Trinajstić information content (AvgIpc) is 3.34. The van der Waals surface area contributed by atoms with Crippen LogP contribution in [0.5, 0.6) is 11.5 Å². The molecule has 1 aliphatic heterocycles. The van der Waals surface area contributed by atoms with Crippen LogP contribution in [-0.2, 0) is 11.4 Å². The van der Waals surface area contributed by atoms with E-state index in [1.807, 2.05) is 24.3 Å². The summed E-state index contributed by atoms with van der Waals surface area (Å²) in [6.07, 6.45) is 0. The highest BCUT2D eigenvalue weighted by molar-refractivity contribution is 7.13. The minimum absolute atomic E-state index is 0.0291. The molecule has 1 aromatic heterocycles. The SMILES string of the molecule is COc1cc(-c2nc(C(=O)N3CCN(C(C)=O)CC3)cs2)ccc1OCc1ccc(Cl)c(Cl)c1. The predicted octanol–water partition coefficient (Wildman–Crippen LogP) is 5.01. The van der Waals surface area contributed by atoms with Crippen LogP contribution >= 0.6 is 34.5 Å². The molecule has 1 fully saturated rings. The number of hydrogen-bond donors (Lipinski definition) is 0. The van der Waals surface area contributed by atoms with Gasteiger partial charge in [0.15, 0.2) is 11.5 Å². The number of methoxy groups -OCH3 is 1. The van der Waals surface area contributed by atoms with E-state index in [4.69, 9.17) is 32.7 Å². The maximum Gasteiger partial charge on any atom is 0.273 e. The number of thiazole rings is 1. The number of carbonyl (C=O) groups is 2. The van der Waals surface area contributed by atoms with Gasteiger partial charge in [-0.1, -0.05) is 29.3 Å². The van der Waals surface area contributed by atoms with Gasteiger partial charge in [0, 0.05) is 44.0 Å². The maximum absolute atomic E-state index is 12.9. The first-order valence-electron chi connectivity index (χ1n) is 10.6. The van der Waals surface area contributed by atoms with Crippen LogP contribution in [0.15, 0.2) is 41.8 Å². The summed E-state index contributed by atoms with van der Waals surface area (Å²) in [5.74, 6) is 1.04. The minimum Gasteiger partial charge on any atom is -0.493 e. The zero-order valence-corrected chi connectivity index (χ0v) is 21.0. The van der Waals surface area contributed by atoms with E-state index in [1.165, 1.54) is 11.3 Å². The molecule has 0 unspecified atom stereocenters. The van der Waals surface area contributed by atoms with Gasteiger partial charge in [0.05, 0.1) is 17.2 Å². The van der Waals surface area contributed by atoms with E-state index in [0.29, 0.717) is 65.0 Å². The van der Waals surface area contributed by atoms with Crippen molar-refractivity contribution in [2.75, 3.05) is 33.3 Å². The first-order valence-corrected chi connectivity index (χ1v) is 12.2. The highest BCUT2D eigenvalue weighted by Gasteiger charge is 2.25. The van der Waals surface area contributed by atoms with Crippen molar-refractivity contribution in [2.45, 2.75) is 13.5 Å². The molecule has 3 aromatic rings. The molecule has 34 heavy (non-hydrogen) atoms. The predicted molar refractivity (Wildman–Crippen MR) is 133 cm³/mol. The minimum atomic E-state index is -0.126. The summed E-state index contributed by atoms with van der Waals surface area (Å²) in [6.45, 7) is 3.94. The Morgan fingerprint density at radius 1 is 1.00 bits per heavy atom. The molecule has 1 saturated heterocycles. The van der Waals surface area contributed by atoms with Crippen LogP contribution in [0, 0.1) is 0 Å². The summed E-state index contributed by atoms with van der Waals surface area (Å²) in [7, 11) is 1.57. The van der Waals surface area contributed by atoms with Crippen molar-refractivity contribution >= 4 is 46.4 Å². The van der Waals surface area contributed by atoms with Gasteiger partial charge >= 0.3 is 0 Å². The Morgan fingerprint density at radius 2 is 1.74 bits per heavy atom. The Kier molecular flexibility index (Phi) is 7.60. The molecule has 2 amide bonds. The van der Waals surface area contributed by atoms with Gasteiger partial charge in [-0.05, 0) is 35.9 Å². The summed E-state index contributed by atoms with van der Waals surface area (Å²) >= 11 is 13.4. The van der Waals surface area contributed by atoms with E-state index in [0.717, 1.165) is 11.1 Å². The highest BCUT2D eigenvalue weighted by atomic mass is 35.5. The Bertz CT molecular complexity index is 1210. The molecule has 2 heterocycles. The molecular formula is C24H23Cl2N3O4S. The summed E-state index contributed by atoms with van der Waals surface area (Å²) < 4.78 is 11.4. The van der Waals surface area contributed by atoms with Gasteiger partial charge in [-0.2, -0.15) is 0 Å². The number of piperazine rings is 1. The van der Waals surface area contributed by atoms with Crippen LogP contribution in [-0.4, -0.2) is 59.9 Å². The summed E-state index contributed by atoms with van der Waals surface area (Å²) in [5, 5.41) is 3.43. The van der Waals surface area contributed by atoms with Crippen molar-refractivity contribution in [1.29, 1.82) is 0 Å². The van der Waals surface area contributed by atoms with Crippen molar-refractivity contribution in [3.63, 3.8) is 0 Å². The van der Waals surface area contributed by atoms with Gasteiger partial charge in [0.2, 0.25) is 5.91 Å². The van der Waals surface area contributed by atoms with Crippen LogP contribution in [0.25, 0.3) is 10.6 Å². The van der Waals surface area contributed by atoms with E-state index < -0.39 is 0 Å². The Hall–Kier alpha value is -2.81. The summed E-state index contributed by atoms with van der Waals surface area (Å²) in [4.78, 5) is 32.4. The van der Waals surface area contributed by atoms with Crippen molar-refractivity contribution in [1.82, 2.24) is 14.8 Å². The van der Waals surface area contributed by atoms with Crippen LogP contribution in [0.3, 0.4) is 0 Å². The Morgan fingerprint density at radius 3 is 2.41 bits per heavy atom. The topological polar surface area (TPSA) is 72.0 Å². The smallest absolute Gasteiger partial charge is 0.273 e. The third-order valence-corrected chi connectivity index (χ3v) is 7.15. The number of nitrogens with zero attached hydrogens (tertiary/aromatic N) is 3. The lowest BCUT2D eigenvalue weighted by Crippen LogP contribution is -2.50. The normalized spacial score (nSPS) is 13.6. The van der Waals surface area contributed by atoms with Gasteiger partial charge in [-0.3, -0.25) is 9.59 Å². The second-order valence-electron chi connectivity index (χ2n) is 7.74. The van der Waals surface area contributed by atoms with Crippen LogP contribution in [0.1, 0.15) is 23.0 Å². The lowest BCUT2D eigenvalue weighted by molar-refractivity contribution is -0.130. The fourth-order valence-corrected chi connectivity index (χ4v) is 4.71. The zero-order chi connectivity index (χ0) is 24.2. The molecule has 0 aliphatic carbocycles. The van der Waals surface area contributed by atoms with E-state index in [9.17, 15) is 9.59 Å². The number of ether oxygens (including phenoxy) is 2. The second-order valence-corrected chi connectivity index (χ2v) is 9.41. The van der Waals surface area contributed by atoms with Crippen molar-refractivity contribution in [3.8, 4) is 22.1 Å². The number of halogens is 2. The fourth-order valence-electron chi connectivity index (χ4n) is 3.60. The second kappa shape index (κ2) is 10.6. The van der Waals surface area contributed by atoms with Crippen LogP contribution in [0.4, 0.5) is 0 Å². The number of carbonyl (C=O) groups excluding carboxylic acids is 2. The van der Waals surface area contributed by atoms with Crippen molar-refractivity contribution in [3.05, 3.63) is 63.1 Å². The molecule has 4 rings (SSSR count). The van der Waals surface area contributed by atoms with Gasteiger partial charge in [-0.15, -0.1) is 11.3 Å². The van der Waals surface area contributed by atoms with Gasteiger partial charge in [-0.25, -0.2) is 4.98 Å². The van der Waals surface area contributed by atoms with Gasteiger partial charge in [0.25, 0.3) is 5.91 Å². The standard InChI is InChI=1S/C24H23Cl2N3O4S/c1-15(30)28-7-9-29(10-8-28)24(31)20-14-34-23(27-20)17-4-6-21(22(12-17)32-2)33-13-16-3-5-18(25)19(26)11-16/h3-6,11-12,14H,7-10,13H2,1-2H3. The monoisotopic (exact) mass is 519 g/mol. The van der Waals surface area contributed by atoms with E-state index in [-0.39, 0.29) is 11.8 Å². The molecule has 0 atom stereocenters. The molecule has 2 aromatic carbocycles. The third kappa shape index (κ3) is 5.46. The molecule has 0 spiro atoms. The lowest BCUT2D eigenvalue weighted by atomic mass is 10.2. The number of hydrogen-bond acceptors (Lipinski definition) is 6. The van der Waals surface area contributed by atoms with Crippen molar-refractivity contribution in [2.24, 2.45) is 0 Å². The number of aromatic nitrogens is 1. The van der Waals surface area contributed by atoms with Gasteiger partial charge in [0.1, 0.15) is 17.3 Å². The van der Waals surface area contributed by atoms with Crippen molar-refractivity contribution < 1.29 is 19.1 Å². The maximum atomic E-state index is 12.9. The quantitative estimate of drug-likeness (QED) is 0.457. The molecule has 0 radical (unpaired) electrons. The van der Waals surface area contributed by atoms with E-state index in [1.54, 1.807) is 41.3 Å². The summed E-state index contributed by atoms with van der Waals surface area (Å²) in [5.41, 5.74) is 2.10. The number of rotatable bonds is 6. The Balaban J connectivity index is 1.44. The van der Waals surface area contributed by atoms with E-state index >= 15 is 0 Å². The molecule has 178 valence electrons. The molecule has 1 aliphatic rings. The van der Waals surface area contributed by atoms with Crippen LogP contribution in [0.2, 0.25) is 10.0 Å². The summed E-state index contributed by atoms with van der Waals surface area (Å²) in [6, 6.07) is 10.9. The average molecular weight is 520 g/mol. The number of benzene rings is 2. The molecule has 0 saturated carbocycles. The highest BCUT2D eigenvalue weighted by Crippen LogP contribution is 2.34. The molecule has 7 nitrogen and oxygen atoms in total. The first kappa shape index (κ1) is 24.3. The zero-order valence-electron chi connectivity index (χ0n) is 18.7. The lowest BCUT2D eigenvalue weighted by Gasteiger charge is -2.33. The van der Waals surface area contributed by atoms with Gasteiger partial charge < -0.3 is 19.3 Å². The number of amides is 2. The van der Waals surface area contributed by atoms with E-state index in [2.05, 4.69) is 4.98 Å². The molecule has 0 bridgehead atoms. The molecule has 10 heteroatoms. The first-order chi connectivity index (χ1) is 16.4. The molecule has 0 N–H and O–H groups in total. The Labute approximate surface area is 211 Å². The largest absolute Gasteiger partial charge is 0.493 e.